The number of hydrogen-bond donors (Lipinski definition) is 2. The van der Waals surface area contributed by atoms with E-state index in [1.165, 1.54) is 0 Å². The standard InChI is InChI=1S/C16H32N2O2/c1-13(2)14(8-11-17)6-7-15(19)18(3)12-16(20)9-4-5-10-16/h13-14,20H,4-12,17H2,1-3H3. The SMILES string of the molecule is CC(C)C(CCN)CCC(=O)N(C)CC1(O)CCCC1. The van der Waals surface area contributed by atoms with Gasteiger partial charge in [0.2, 0.25) is 5.91 Å². The molecule has 0 saturated heterocycles. The molecule has 4 heteroatoms. The summed E-state index contributed by atoms with van der Waals surface area (Å²) in [5.74, 6) is 1.23. The number of nitrogens with zero attached hydrogens (tertiary/aromatic N) is 1. The molecule has 0 aromatic rings. The molecular weight excluding hydrogens is 252 g/mol. The molecule has 0 aliphatic heterocycles. The summed E-state index contributed by atoms with van der Waals surface area (Å²) in [6, 6.07) is 0. The van der Waals surface area contributed by atoms with Crippen LogP contribution in [0.2, 0.25) is 0 Å². The molecule has 0 radical (unpaired) electrons. The summed E-state index contributed by atoms with van der Waals surface area (Å²) in [7, 11) is 1.81. The van der Waals surface area contributed by atoms with Crippen LogP contribution in [0.15, 0.2) is 0 Å². The summed E-state index contributed by atoms with van der Waals surface area (Å²) in [5, 5.41) is 10.4. The second-order valence-corrected chi connectivity index (χ2v) is 6.80. The van der Waals surface area contributed by atoms with Crippen LogP contribution in [0.4, 0.5) is 0 Å². The van der Waals surface area contributed by atoms with E-state index in [-0.39, 0.29) is 5.91 Å². The lowest BCUT2D eigenvalue weighted by atomic mass is 9.88. The van der Waals surface area contributed by atoms with E-state index in [1.54, 1.807) is 4.90 Å². The first kappa shape index (κ1) is 17.4. The minimum atomic E-state index is -0.640. The van der Waals surface area contributed by atoms with Crippen molar-refractivity contribution in [2.75, 3.05) is 20.1 Å². The largest absolute Gasteiger partial charge is 0.388 e. The van der Waals surface area contributed by atoms with Crippen molar-refractivity contribution in [3.8, 4) is 0 Å². The van der Waals surface area contributed by atoms with Gasteiger partial charge in [0.05, 0.1) is 5.60 Å². The molecule has 118 valence electrons. The fourth-order valence-electron chi connectivity index (χ4n) is 3.25. The fourth-order valence-corrected chi connectivity index (χ4v) is 3.25. The lowest BCUT2D eigenvalue weighted by Gasteiger charge is -2.29. The Morgan fingerprint density at radius 1 is 1.30 bits per heavy atom. The molecule has 20 heavy (non-hydrogen) atoms. The van der Waals surface area contributed by atoms with E-state index in [4.69, 9.17) is 5.73 Å². The van der Waals surface area contributed by atoms with Gasteiger partial charge in [-0.15, -0.1) is 0 Å². The normalized spacial score (nSPS) is 19.3. The monoisotopic (exact) mass is 284 g/mol. The molecule has 3 N–H and O–H groups in total. The van der Waals surface area contributed by atoms with Crippen molar-refractivity contribution >= 4 is 5.91 Å². The van der Waals surface area contributed by atoms with Crippen molar-refractivity contribution in [3.63, 3.8) is 0 Å². The van der Waals surface area contributed by atoms with Crippen LogP contribution in [0.5, 0.6) is 0 Å². The van der Waals surface area contributed by atoms with Gasteiger partial charge >= 0.3 is 0 Å². The van der Waals surface area contributed by atoms with Gasteiger partial charge in [0, 0.05) is 20.0 Å². The Kier molecular flexibility index (Phi) is 6.96. The van der Waals surface area contributed by atoms with Crippen LogP contribution in [0.25, 0.3) is 0 Å². The van der Waals surface area contributed by atoms with Crippen molar-refractivity contribution < 1.29 is 9.90 Å². The number of nitrogens with two attached hydrogens (primary N) is 1. The Morgan fingerprint density at radius 3 is 2.40 bits per heavy atom. The van der Waals surface area contributed by atoms with Crippen LogP contribution >= 0.6 is 0 Å². The van der Waals surface area contributed by atoms with Gasteiger partial charge < -0.3 is 15.7 Å². The number of likely N-dealkylation sites (N-methyl/N-ethyl adjacent to an activating group) is 1. The van der Waals surface area contributed by atoms with E-state index in [9.17, 15) is 9.90 Å². The smallest absolute Gasteiger partial charge is 0.222 e. The van der Waals surface area contributed by atoms with E-state index >= 15 is 0 Å². The van der Waals surface area contributed by atoms with Gasteiger partial charge in [0.15, 0.2) is 0 Å². The lowest BCUT2D eigenvalue weighted by Crippen LogP contribution is -2.42. The van der Waals surface area contributed by atoms with Gasteiger partial charge in [-0.1, -0.05) is 26.7 Å². The van der Waals surface area contributed by atoms with Crippen molar-refractivity contribution in [3.05, 3.63) is 0 Å². The van der Waals surface area contributed by atoms with Crippen molar-refractivity contribution in [2.45, 2.75) is 64.4 Å². The van der Waals surface area contributed by atoms with E-state index in [2.05, 4.69) is 13.8 Å². The van der Waals surface area contributed by atoms with Crippen LogP contribution in [0, 0.1) is 11.8 Å². The Labute approximate surface area is 123 Å². The summed E-state index contributed by atoms with van der Waals surface area (Å²) in [6.07, 6.45) is 6.25. The highest BCUT2D eigenvalue weighted by Gasteiger charge is 2.33. The average molecular weight is 284 g/mol. The summed E-state index contributed by atoms with van der Waals surface area (Å²) in [6.45, 7) is 5.55. The molecule has 1 aliphatic rings. The number of rotatable bonds is 8. The second-order valence-electron chi connectivity index (χ2n) is 6.80. The van der Waals surface area contributed by atoms with Gasteiger partial charge in [0.25, 0.3) is 0 Å². The average Bonchev–Trinajstić information content (AvgIpc) is 2.80. The molecule has 1 saturated carbocycles. The molecule has 0 bridgehead atoms. The molecule has 4 nitrogen and oxygen atoms in total. The Morgan fingerprint density at radius 2 is 1.90 bits per heavy atom. The molecule has 0 aromatic carbocycles. The quantitative estimate of drug-likeness (QED) is 0.717. The van der Waals surface area contributed by atoms with E-state index in [0.29, 0.717) is 31.3 Å². The maximum absolute atomic E-state index is 12.2. The molecule has 1 atom stereocenters. The van der Waals surface area contributed by atoms with Gasteiger partial charge in [-0.25, -0.2) is 0 Å². The van der Waals surface area contributed by atoms with Crippen LogP contribution in [-0.2, 0) is 4.79 Å². The zero-order valence-electron chi connectivity index (χ0n) is 13.4. The summed E-state index contributed by atoms with van der Waals surface area (Å²) in [5.41, 5.74) is 4.99. The minimum absolute atomic E-state index is 0.146. The molecule has 1 unspecified atom stereocenters. The number of carbonyl (C=O) groups is 1. The predicted molar refractivity (Wildman–Crippen MR) is 82.3 cm³/mol. The fraction of sp³-hybridized carbons (Fsp3) is 0.938. The maximum atomic E-state index is 12.2. The minimum Gasteiger partial charge on any atom is -0.388 e. The molecule has 0 spiro atoms. The summed E-state index contributed by atoms with van der Waals surface area (Å²) < 4.78 is 0. The third-order valence-corrected chi connectivity index (χ3v) is 4.70. The summed E-state index contributed by atoms with van der Waals surface area (Å²) >= 11 is 0. The first-order valence-corrected chi connectivity index (χ1v) is 8.04. The van der Waals surface area contributed by atoms with Crippen LogP contribution in [-0.4, -0.2) is 41.7 Å². The molecule has 0 heterocycles. The molecular formula is C16H32N2O2. The van der Waals surface area contributed by atoms with Crippen LogP contribution in [0.1, 0.15) is 58.8 Å². The molecule has 1 rings (SSSR count). The number of aliphatic hydroxyl groups is 1. The first-order chi connectivity index (χ1) is 9.38. The topological polar surface area (TPSA) is 66.6 Å². The van der Waals surface area contributed by atoms with Crippen LogP contribution < -0.4 is 5.73 Å². The third kappa shape index (κ3) is 5.41. The highest BCUT2D eigenvalue weighted by Crippen LogP contribution is 2.30. The maximum Gasteiger partial charge on any atom is 0.222 e. The zero-order valence-corrected chi connectivity index (χ0v) is 13.4. The Balaban J connectivity index is 2.37. The zero-order chi connectivity index (χ0) is 15.2. The molecule has 1 fully saturated rings. The van der Waals surface area contributed by atoms with Crippen molar-refractivity contribution in [1.82, 2.24) is 4.90 Å². The Bertz CT molecular complexity index is 299. The van der Waals surface area contributed by atoms with Crippen LogP contribution in [0.3, 0.4) is 0 Å². The van der Waals surface area contributed by atoms with E-state index in [1.807, 2.05) is 7.05 Å². The Hall–Kier alpha value is -0.610. The van der Waals surface area contributed by atoms with Gasteiger partial charge in [-0.3, -0.25) is 4.79 Å². The van der Waals surface area contributed by atoms with Gasteiger partial charge in [0.1, 0.15) is 0 Å². The van der Waals surface area contributed by atoms with Crippen molar-refractivity contribution in [2.24, 2.45) is 17.6 Å². The molecule has 1 amide bonds. The predicted octanol–water partition coefficient (Wildman–Crippen LogP) is 2.15. The number of hydrogen-bond acceptors (Lipinski definition) is 3. The number of amides is 1. The highest BCUT2D eigenvalue weighted by molar-refractivity contribution is 5.75. The van der Waals surface area contributed by atoms with Gasteiger partial charge in [-0.2, -0.15) is 0 Å². The van der Waals surface area contributed by atoms with E-state index in [0.717, 1.165) is 38.5 Å². The van der Waals surface area contributed by atoms with Crippen molar-refractivity contribution in [1.29, 1.82) is 0 Å². The number of carbonyl (C=O) groups excluding carboxylic acids is 1. The lowest BCUT2D eigenvalue weighted by molar-refractivity contribution is -0.133. The van der Waals surface area contributed by atoms with E-state index < -0.39 is 5.60 Å². The summed E-state index contributed by atoms with van der Waals surface area (Å²) in [4.78, 5) is 13.9. The highest BCUT2D eigenvalue weighted by atomic mass is 16.3. The molecule has 0 aromatic heterocycles. The third-order valence-electron chi connectivity index (χ3n) is 4.70. The second kappa shape index (κ2) is 7.99. The molecule has 1 aliphatic carbocycles. The first-order valence-electron chi connectivity index (χ1n) is 8.04. The van der Waals surface area contributed by atoms with Gasteiger partial charge in [-0.05, 0) is 44.1 Å².